The number of hydrogen-bond donors (Lipinski definition) is 3. The molecule has 0 aliphatic rings. The summed E-state index contributed by atoms with van der Waals surface area (Å²) in [5.74, 6) is 0.164. The van der Waals surface area contributed by atoms with Gasteiger partial charge in [-0.05, 0) is 18.2 Å². The third-order valence-electron chi connectivity index (χ3n) is 2.76. The molecule has 3 aromatic rings. The minimum absolute atomic E-state index is 0.137. The first-order valence-corrected chi connectivity index (χ1v) is 7.20. The Kier molecular flexibility index (Phi) is 2.79. The van der Waals surface area contributed by atoms with Crippen LogP contribution < -0.4 is 10.5 Å². The predicted molar refractivity (Wildman–Crippen MR) is 75.6 cm³/mol. The number of benzene rings is 1. The van der Waals surface area contributed by atoms with Crippen molar-refractivity contribution in [1.29, 1.82) is 0 Å². The lowest BCUT2D eigenvalue weighted by atomic mass is 10.2. The fourth-order valence-corrected chi connectivity index (χ4v) is 3.06. The quantitative estimate of drug-likeness (QED) is 0.630. The van der Waals surface area contributed by atoms with Crippen molar-refractivity contribution in [3.63, 3.8) is 0 Å². The van der Waals surface area contributed by atoms with Crippen molar-refractivity contribution < 1.29 is 8.42 Å². The Morgan fingerprint density at radius 1 is 1.25 bits per heavy atom. The molecule has 0 fully saturated rings. The van der Waals surface area contributed by atoms with E-state index in [2.05, 4.69) is 19.7 Å². The molecule has 0 aliphatic heterocycles. The fourth-order valence-electron chi connectivity index (χ4n) is 1.88. The van der Waals surface area contributed by atoms with Crippen molar-refractivity contribution in [2.75, 3.05) is 10.5 Å². The number of fused-ring (bicyclic) bond motifs is 1. The Bertz CT molecular complexity index is 858. The van der Waals surface area contributed by atoms with Crippen molar-refractivity contribution in [1.82, 2.24) is 15.0 Å². The van der Waals surface area contributed by atoms with Crippen molar-refractivity contribution >= 4 is 32.4 Å². The highest BCUT2D eigenvalue weighted by molar-refractivity contribution is 7.93. The molecule has 2 heterocycles. The van der Waals surface area contributed by atoms with Gasteiger partial charge in [-0.3, -0.25) is 9.71 Å². The zero-order chi connectivity index (χ0) is 14.2. The van der Waals surface area contributed by atoms with Gasteiger partial charge in [0.05, 0.1) is 6.20 Å². The zero-order valence-electron chi connectivity index (χ0n) is 10.2. The molecular weight excluding hydrogens is 278 g/mol. The number of H-pyrrole nitrogens is 1. The first-order chi connectivity index (χ1) is 9.56. The van der Waals surface area contributed by atoms with E-state index in [0.29, 0.717) is 16.6 Å². The molecule has 3 rings (SSSR count). The predicted octanol–water partition coefficient (Wildman–Crippen LogP) is 1.34. The van der Waals surface area contributed by atoms with Crippen LogP contribution in [0.3, 0.4) is 0 Å². The molecule has 0 unspecified atom stereocenters. The summed E-state index contributed by atoms with van der Waals surface area (Å²) in [6.07, 6.45) is 5.63. The molecule has 0 radical (unpaired) electrons. The summed E-state index contributed by atoms with van der Waals surface area (Å²) in [6.45, 7) is 0. The molecule has 0 saturated carbocycles. The number of nitrogens with two attached hydrogens (primary N) is 1. The van der Waals surface area contributed by atoms with E-state index >= 15 is 0 Å². The van der Waals surface area contributed by atoms with Gasteiger partial charge in [-0.2, -0.15) is 0 Å². The smallest absolute Gasteiger partial charge is 0.265 e. The minimum atomic E-state index is -3.73. The number of aromatic amines is 1. The van der Waals surface area contributed by atoms with E-state index in [1.807, 2.05) is 0 Å². The van der Waals surface area contributed by atoms with Crippen molar-refractivity contribution in [3.8, 4) is 0 Å². The molecule has 0 bridgehead atoms. The van der Waals surface area contributed by atoms with E-state index < -0.39 is 10.0 Å². The summed E-state index contributed by atoms with van der Waals surface area (Å²) in [6, 6.07) is 4.99. The van der Waals surface area contributed by atoms with Crippen LogP contribution in [0.5, 0.6) is 0 Å². The number of nitrogen functional groups attached to an aromatic ring is 1. The maximum Gasteiger partial charge on any atom is 0.265 e. The van der Waals surface area contributed by atoms with Gasteiger partial charge in [0.1, 0.15) is 4.90 Å². The highest BCUT2D eigenvalue weighted by atomic mass is 32.2. The van der Waals surface area contributed by atoms with Gasteiger partial charge in [0.15, 0.2) is 5.82 Å². The standard InChI is InChI=1S/C12H11N5O2S/c13-8-1-2-9-10(5-8)16-6-11(9)20(18,19)17-12-7-14-3-4-15-12/h1-7,16H,13H2,(H,15,17). The molecule has 20 heavy (non-hydrogen) atoms. The van der Waals surface area contributed by atoms with Gasteiger partial charge in [-0.1, -0.05) is 0 Å². The summed E-state index contributed by atoms with van der Waals surface area (Å²) in [7, 11) is -3.73. The van der Waals surface area contributed by atoms with Crippen molar-refractivity contribution in [2.45, 2.75) is 4.90 Å². The molecule has 0 spiro atoms. The molecule has 4 N–H and O–H groups in total. The highest BCUT2D eigenvalue weighted by Gasteiger charge is 2.19. The van der Waals surface area contributed by atoms with Crippen molar-refractivity contribution in [3.05, 3.63) is 43.0 Å². The second kappa shape index (κ2) is 4.49. The van der Waals surface area contributed by atoms with Crippen LogP contribution in [0.15, 0.2) is 47.9 Å². The number of sulfonamides is 1. The summed E-state index contributed by atoms with van der Waals surface area (Å²) < 4.78 is 27.0. The number of nitrogens with zero attached hydrogens (tertiary/aromatic N) is 2. The topological polar surface area (TPSA) is 114 Å². The van der Waals surface area contributed by atoms with Crippen LogP contribution in [0.1, 0.15) is 0 Å². The first-order valence-electron chi connectivity index (χ1n) is 5.72. The van der Waals surface area contributed by atoms with Gasteiger partial charge in [-0.25, -0.2) is 13.4 Å². The zero-order valence-corrected chi connectivity index (χ0v) is 11.1. The van der Waals surface area contributed by atoms with E-state index in [0.717, 1.165) is 0 Å². The van der Waals surface area contributed by atoms with Crippen LogP contribution in [0.2, 0.25) is 0 Å². The summed E-state index contributed by atoms with van der Waals surface area (Å²) in [5, 5.41) is 0.565. The Morgan fingerprint density at radius 3 is 2.85 bits per heavy atom. The molecule has 102 valence electrons. The minimum Gasteiger partial charge on any atom is -0.399 e. The molecule has 0 aliphatic carbocycles. The largest absolute Gasteiger partial charge is 0.399 e. The summed E-state index contributed by atoms with van der Waals surface area (Å²) in [5.41, 5.74) is 6.88. The Labute approximate surface area is 114 Å². The summed E-state index contributed by atoms with van der Waals surface area (Å²) >= 11 is 0. The first kappa shape index (κ1) is 12.4. The fraction of sp³-hybridized carbons (Fsp3) is 0. The number of hydrogen-bond acceptors (Lipinski definition) is 5. The van der Waals surface area contributed by atoms with E-state index in [1.54, 1.807) is 18.2 Å². The van der Waals surface area contributed by atoms with Gasteiger partial charge >= 0.3 is 0 Å². The van der Waals surface area contributed by atoms with Gasteiger partial charge < -0.3 is 10.7 Å². The third kappa shape index (κ3) is 2.16. The second-order valence-corrected chi connectivity index (χ2v) is 5.80. The molecule has 0 amide bonds. The maximum atomic E-state index is 12.3. The number of nitrogens with one attached hydrogen (secondary N) is 2. The number of aromatic nitrogens is 3. The maximum absolute atomic E-state index is 12.3. The lowest BCUT2D eigenvalue weighted by molar-refractivity contribution is 0.602. The van der Waals surface area contributed by atoms with Gasteiger partial charge in [0, 0.05) is 35.2 Å². The van der Waals surface area contributed by atoms with E-state index in [9.17, 15) is 8.42 Å². The Hall–Kier alpha value is -2.61. The Morgan fingerprint density at radius 2 is 2.10 bits per heavy atom. The van der Waals surface area contributed by atoms with Gasteiger partial charge in [0.2, 0.25) is 0 Å². The molecule has 8 heteroatoms. The number of anilines is 2. The average Bonchev–Trinajstić information content (AvgIpc) is 2.83. The van der Waals surface area contributed by atoms with E-state index in [4.69, 9.17) is 5.73 Å². The summed E-state index contributed by atoms with van der Waals surface area (Å²) in [4.78, 5) is 10.7. The molecule has 0 saturated heterocycles. The molecule has 7 nitrogen and oxygen atoms in total. The molecule has 2 aromatic heterocycles. The van der Waals surface area contributed by atoms with Crippen LogP contribution in [-0.4, -0.2) is 23.4 Å². The average molecular weight is 289 g/mol. The molecule has 1 aromatic carbocycles. The highest BCUT2D eigenvalue weighted by Crippen LogP contribution is 2.25. The molecule has 0 atom stereocenters. The van der Waals surface area contributed by atoms with E-state index in [1.165, 1.54) is 24.8 Å². The van der Waals surface area contributed by atoms with Gasteiger partial charge in [-0.15, -0.1) is 0 Å². The van der Waals surface area contributed by atoms with Crippen molar-refractivity contribution in [2.24, 2.45) is 0 Å². The molecular formula is C12H11N5O2S. The van der Waals surface area contributed by atoms with Crippen LogP contribution in [0, 0.1) is 0 Å². The lowest BCUT2D eigenvalue weighted by Gasteiger charge is -2.05. The van der Waals surface area contributed by atoms with Crippen LogP contribution in [0.4, 0.5) is 11.5 Å². The monoisotopic (exact) mass is 289 g/mol. The van der Waals surface area contributed by atoms with Crippen LogP contribution in [-0.2, 0) is 10.0 Å². The Balaban J connectivity index is 2.06. The SMILES string of the molecule is Nc1ccc2c(S(=O)(=O)Nc3cnccn3)c[nH]c2c1. The van der Waals surface area contributed by atoms with Crippen LogP contribution >= 0.6 is 0 Å². The normalized spacial score (nSPS) is 11.6. The van der Waals surface area contributed by atoms with Crippen LogP contribution in [0.25, 0.3) is 10.9 Å². The van der Waals surface area contributed by atoms with E-state index in [-0.39, 0.29) is 10.7 Å². The number of rotatable bonds is 3. The second-order valence-electron chi connectivity index (χ2n) is 4.15. The van der Waals surface area contributed by atoms with Gasteiger partial charge in [0.25, 0.3) is 10.0 Å². The lowest BCUT2D eigenvalue weighted by Crippen LogP contribution is -2.13. The third-order valence-corrected chi connectivity index (χ3v) is 4.15.